The van der Waals surface area contributed by atoms with Gasteiger partial charge in [-0.3, -0.25) is 0 Å². The predicted molar refractivity (Wildman–Crippen MR) is 58.5 cm³/mol. The van der Waals surface area contributed by atoms with Gasteiger partial charge in [-0.05, 0) is 0 Å². The van der Waals surface area contributed by atoms with E-state index in [1.807, 2.05) is 0 Å². The molecule has 0 aromatic carbocycles. The van der Waals surface area contributed by atoms with Crippen molar-refractivity contribution in [1.82, 2.24) is 4.98 Å². The van der Waals surface area contributed by atoms with Crippen LogP contribution in [0.25, 0.3) is 0 Å². The van der Waals surface area contributed by atoms with Crippen LogP contribution < -0.4 is 4.74 Å². The minimum Gasteiger partial charge on any atom is -0.386 e. The zero-order chi connectivity index (χ0) is 16.6. The molecule has 21 heavy (non-hydrogen) atoms. The third-order valence-corrected chi connectivity index (χ3v) is 3.64. The van der Waals surface area contributed by atoms with Gasteiger partial charge in [0.25, 0.3) is 9.05 Å². The predicted octanol–water partition coefficient (Wildman–Crippen LogP) is 3.67. The molecule has 0 amide bonds. The first-order valence-electron chi connectivity index (χ1n) is 4.63. The Labute approximate surface area is 123 Å². The van der Waals surface area contributed by atoms with Crippen LogP contribution in [0.4, 0.5) is 26.3 Å². The Kier molecular flexibility index (Phi) is 4.91. The fourth-order valence-corrected chi connectivity index (χ4v) is 2.94. The number of hydrogen-bond acceptors (Lipinski definition) is 4. The number of pyridine rings is 1. The second-order valence-electron chi connectivity index (χ2n) is 3.40. The molecule has 4 nitrogen and oxygen atoms in total. The average Bonchev–Trinajstić information content (AvgIpc) is 2.22. The molecule has 1 heterocycles. The molecule has 0 N–H and O–H groups in total. The maximum Gasteiger partial charge on any atom is 0.574 e. The van der Waals surface area contributed by atoms with Crippen LogP contribution in [0.15, 0.2) is 11.1 Å². The minimum atomic E-state index is -5.38. The molecule has 1 aromatic rings. The molecule has 13 heteroatoms. The van der Waals surface area contributed by atoms with Gasteiger partial charge in [0.05, 0.1) is 5.56 Å². The molecule has 0 atom stereocenters. The Hall–Kier alpha value is -0.940. The number of rotatable bonds is 3. The Balaban J connectivity index is 3.72. The van der Waals surface area contributed by atoms with E-state index in [0.29, 0.717) is 0 Å². The average molecular weight is 378 g/mol. The lowest BCUT2D eigenvalue weighted by Crippen LogP contribution is -2.21. The van der Waals surface area contributed by atoms with Gasteiger partial charge in [-0.2, -0.15) is 13.2 Å². The SMILES string of the molecule is O=S(=O)(Cl)c1c(OC(F)(F)F)ncc(C(F)(F)F)c1CCl. The van der Waals surface area contributed by atoms with Crippen molar-refractivity contribution in [3.8, 4) is 5.88 Å². The summed E-state index contributed by atoms with van der Waals surface area (Å²) in [5, 5.41) is 0. The van der Waals surface area contributed by atoms with E-state index in [1.54, 1.807) is 0 Å². The third kappa shape index (κ3) is 4.51. The molecule has 0 saturated heterocycles. The molecule has 1 aromatic heterocycles. The van der Waals surface area contributed by atoms with Crippen molar-refractivity contribution in [2.45, 2.75) is 23.3 Å². The van der Waals surface area contributed by atoms with E-state index in [-0.39, 0.29) is 6.20 Å². The molecule has 0 aliphatic rings. The highest BCUT2D eigenvalue weighted by atomic mass is 35.7. The molecule has 0 spiro atoms. The molecule has 0 fully saturated rings. The summed E-state index contributed by atoms with van der Waals surface area (Å²) in [6.07, 6.45) is -10.5. The fraction of sp³-hybridized carbons (Fsp3) is 0.375. The largest absolute Gasteiger partial charge is 0.574 e. The van der Waals surface area contributed by atoms with Gasteiger partial charge in [0.2, 0.25) is 5.88 Å². The highest BCUT2D eigenvalue weighted by molar-refractivity contribution is 8.13. The van der Waals surface area contributed by atoms with Gasteiger partial charge >= 0.3 is 12.5 Å². The molecule has 0 unspecified atom stereocenters. The monoisotopic (exact) mass is 377 g/mol. The minimum absolute atomic E-state index is 0.0235. The van der Waals surface area contributed by atoms with E-state index in [9.17, 15) is 34.8 Å². The second kappa shape index (κ2) is 5.69. The summed E-state index contributed by atoms with van der Waals surface area (Å²) < 4.78 is 100. The van der Waals surface area contributed by atoms with Gasteiger partial charge in [-0.1, -0.05) is 0 Å². The van der Waals surface area contributed by atoms with Crippen LogP contribution in [-0.2, 0) is 21.1 Å². The van der Waals surface area contributed by atoms with Gasteiger partial charge in [-0.15, -0.1) is 24.8 Å². The summed E-state index contributed by atoms with van der Waals surface area (Å²) in [4.78, 5) is 1.14. The van der Waals surface area contributed by atoms with Gasteiger partial charge in [-0.25, -0.2) is 13.4 Å². The van der Waals surface area contributed by atoms with Gasteiger partial charge in [0.15, 0.2) is 0 Å². The van der Waals surface area contributed by atoms with Crippen molar-refractivity contribution < 1.29 is 39.5 Å². The molecule has 0 radical (unpaired) electrons. The van der Waals surface area contributed by atoms with Crippen LogP contribution in [0.2, 0.25) is 0 Å². The van der Waals surface area contributed by atoms with Crippen LogP contribution in [0, 0.1) is 0 Å². The number of aromatic nitrogens is 1. The number of halogens is 8. The summed E-state index contributed by atoms with van der Waals surface area (Å²) in [5.41, 5.74) is -2.82. The maximum absolute atomic E-state index is 12.7. The molecule has 0 bridgehead atoms. The Morgan fingerprint density at radius 2 is 1.71 bits per heavy atom. The van der Waals surface area contributed by atoms with Crippen molar-refractivity contribution in [3.05, 3.63) is 17.3 Å². The van der Waals surface area contributed by atoms with Crippen LogP contribution in [0.1, 0.15) is 11.1 Å². The smallest absolute Gasteiger partial charge is 0.386 e. The summed E-state index contributed by atoms with van der Waals surface area (Å²) in [6, 6.07) is 0. The summed E-state index contributed by atoms with van der Waals surface area (Å²) in [6.45, 7) is 0. The number of alkyl halides is 7. The first-order chi connectivity index (χ1) is 9.27. The number of hydrogen-bond donors (Lipinski definition) is 0. The standard InChI is InChI=1S/C8H3Cl2F6NO3S/c9-1-3-4(7(11,12)13)2-17-6(20-8(14,15)16)5(3)21(10,18)19/h2H,1H2. The van der Waals surface area contributed by atoms with Crippen molar-refractivity contribution in [2.24, 2.45) is 0 Å². The fourth-order valence-electron chi connectivity index (χ4n) is 1.32. The molecule has 0 saturated carbocycles. The number of nitrogens with zero attached hydrogens (tertiary/aromatic N) is 1. The van der Waals surface area contributed by atoms with E-state index < -0.39 is 49.4 Å². The molecular weight excluding hydrogens is 375 g/mol. The van der Waals surface area contributed by atoms with E-state index in [4.69, 9.17) is 22.3 Å². The summed E-state index contributed by atoms with van der Waals surface area (Å²) in [5.74, 6) is -2.71. The molecular formula is C8H3Cl2F6NO3S. The van der Waals surface area contributed by atoms with Crippen LogP contribution >= 0.6 is 22.3 Å². The lowest BCUT2D eigenvalue weighted by molar-refractivity contribution is -0.277. The topological polar surface area (TPSA) is 56.3 Å². The Morgan fingerprint density at radius 1 is 1.19 bits per heavy atom. The highest BCUT2D eigenvalue weighted by Gasteiger charge is 2.41. The second-order valence-corrected chi connectivity index (χ2v) is 6.17. The Bertz CT molecular complexity index is 643. The maximum atomic E-state index is 12.7. The zero-order valence-corrected chi connectivity index (χ0v) is 11.7. The van der Waals surface area contributed by atoms with Crippen LogP contribution in [0.3, 0.4) is 0 Å². The highest BCUT2D eigenvalue weighted by Crippen LogP contribution is 2.40. The Morgan fingerprint density at radius 3 is 2.05 bits per heavy atom. The lowest BCUT2D eigenvalue weighted by Gasteiger charge is -2.17. The normalized spacial score (nSPS) is 13.3. The van der Waals surface area contributed by atoms with Gasteiger partial charge in [0.1, 0.15) is 4.90 Å². The van der Waals surface area contributed by atoms with Crippen LogP contribution in [0.5, 0.6) is 5.88 Å². The van der Waals surface area contributed by atoms with E-state index >= 15 is 0 Å². The van der Waals surface area contributed by atoms with E-state index in [0.717, 1.165) is 0 Å². The summed E-state index contributed by atoms with van der Waals surface area (Å²) in [7, 11) is -0.174. The van der Waals surface area contributed by atoms with Gasteiger partial charge < -0.3 is 4.74 Å². The first-order valence-corrected chi connectivity index (χ1v) is 7.47. The van der Waals surface area contributed by atoms with Crippen LogP contribution in [-0.4, -0.2) is 19.8 Å². The summed E-state index contributed by atoms with van der Waals surface area (Å²) >= 11 is 5.20. The molecule has 0 aliphatic carbocycles. The quantitative estimate of drug-likeness (QED) is 0.458. The molecule has 1 rings (SSSR count). The third-order valence-electron chi connectivity index (χ3n) is 2.00. The van der Waals surface area contributed by atoms with E-state index in [2.05, 4.69) is 9.72 Å². The zero-order valence-electron chi connectivity index (χ0n) is 9.39. The van der Waals surface area contributed by atoms with Crippen molar-refractivity contribution in [2.75, 3.05) is 0 Å². The van der Waals surface area contributed by atoms with Crippen molar-refractivity contribution in [1.29, 1.82) is 0 Å². The lowest BCUT2D eigenvalue weighted by atomic mass is 10.1. The number of ether oxygens (including phenoxy) is 1. The van der Waals surface area contributed by atoms with Crippen molar-refractivity contribution in [3.63, 3.8) is 0 Å². The molecule has 0 aliphatic heterocycles. The van der Waals surface area contributed by atoms with Crippen molar-refractivity contribution >= 4 is 31.3 Å². The van der Waals surface area contributed by atoms with Gasteiger partial charge in [0, 0.05) is 28.3 Å². The first kappa shape index (κ1) is 18.1. The van der Waals surface area contributed by atoms with E-state index in [1.165, 1.54) is 0 Å². The molecule has 120 valence electrons.